The van der Waals surface area contributed by atoms with E-state index in [-0.39, 0.29) is 12.5 Å². The molecule has 0 saturated carbocycles. The highest BCUT2D eigenvalue weighted by Crippen LogP contribution is 2.15. The van der Waals surface area contributed by atoms with Crippen LogP contribution in [0.4, 0.5) is 4.39 Å². The first kappa shape index (κ1) is 17.8. The number of rotatable bonds is 6. The Bertz CT molecular complexity index is 500. The second-order valence-corrected chi connectivity index (χ2v) is 5.89. The number of halogens is 1. The van der Waals surface area contributed by atoms with Gasteiger partial charge in [0.1, 0.15) is 24.4 Å². The average Bonchev–Trinajstić information content (AvgIpc) is 2.57. The van der Waals surface area contributed by atoms with Crippen LogP contribution in [0.15, 0.2) is 30.3 Å². The lowest BCUT2D eigenvalue weighted by Gasteiger charge is -2.36. The van der Waals surface area contributed by atoms with Crippen molar-refractivity contribution in [1.29, 1.82) is 0 Å². The number of hydrogen-bond acceptors (Lipinski definition) is 4. The summed E-state index contributed by atoms with van der Waals surface area (Å²) < 4.78 is 13.3. The third kappa shape index (κ3) is 4.50. The van der Waals surface area contributed by atoms with Crippen LogP contribution in [0.5, 0.6) is 0 Å². The zero-order valence-electron chi connectivity index (χ0n) is 13.4. The molecule has 0 bridgehead atoms. The number of alkyl halides is 1. The van der Waals surface area contributed by atoms with Crippen LogP contribution in [-0.4, -0.2) is 65.1 Å². The summed E-state index contributed by atoms with van der Waals surface area (Å²) in [5, 5.41) is 22.2. The minimum Gasteiger partial charge on any atom is -0.388 e. The second kappa shape index (κ2) is 8.38. The number of carbonyl (C=O) groups is 1. The molecule has 3 N–H and O–H groups in total. The van der Waals surface area contributed by atoms with Gasteiger partial charge in [-0.15, -0.1) is 0 Å². The SMILES string of the molecule is CCN(CCCc1ccccc1)C(=O)[C@H]1NC[C@@H](F)[C@H](O)[C@@H]1O. The lowest BCUT2D eigenvalue weighted by Crippen LogP contribution is -2.63. The number of hydrogen-bond donors (Lipinski definition) is 3. The Labute approximate surface area is 136 Å². The molecule has 1 heterocycles. The summed E-state index contributed by atoms with van der Waals surface area (Å²) in [5.74, 6) is -0.293. The average molecular weight is 324 g/mol. The van der Waals surface area contributed by atoms with E-state index < -0.39 is 24.4 Å². The lowest BCUT2D eigenvalue weighted by atomic mass is 9.95. The van der Waals surface area contributed by atoms with Crippen molar-refractivity contribution in [1.82, 2.24) is 10.2 Å². The number of aliphatic hydroxyl groups is 2. The van der Waals surface area contributed by atoms with Gasteiger partial charge in [0.2, 0.25) is 5.91 Å². The molecule has 128 valence electrons. The van der Waals surface area contributed by atoms with Crippen LogP contribution < -0.4 is 5.32 Å². The van der Waals surface area contributed by atoms with Gasteiger partial charge in [-0.25, -0.2) is 4.39 Å². The number of likely N-dealkylation sites (N-methyl/N-ethyl adjacent to an activating group) is 1. The molecule has 6 heteroatoms. The fourth-order valence-corrected chi connectivity index (χ4v) is 2.87. The topological polar surface area (TPSA) is 72.8 Å². The molecule has 23 heavy (non-hydrogen) atoms. The molecule has 1 aliphatic rings. The minimum absolute atomic E-state index is 0.129. The first-order chi connectivity index (χ1) is 11.0. The van der Waals surface area contributed by atoms with Crippen molar-refractivity contribution in [3.63, 3.8) is 0 Å². The van der Waals surface area contributed by atoms with Gasteiger partial charge in [0, 0.05) is 19.6 Å². The van der Waals surface area contributed by atoms with E-state index in [0.717, 1.165) is 12.8 Å². The standard InChI is InChI=1S/C17H25FN2O3/c1-2-20(10-6-9-12-7-4-3-5-8-12)17(23)14-16(22)15(21)13(18)11-19-14/h3-5,7-8,13-16,19,21-22H,2,6,9-11H2,1H3/t13-,14+,15+,16-/m1/s1. The van der Waals surface area contributed by atoms with E-state index in [9.17, 15) is 19.4 Å². The van der Waals surface area contributed by atoms with Gasteiger partial charge in [-0.2, -0.15) is 0 Å². The van der Waals surface area contributed by atoms with Crippen LogP contribution in [0.2, 0.25) is 0 Å². The number of nitrogens with one attached hydrogen (secondary N) is 1. The highest BCUT2D eigenvalue weighted by molar-refractivity contribution is 5.82. The van der Waals surface area contributed by atoms with Crippen molar-refractivity contribution in [2.75, 3.05) is 19.6 Å². The molecule has 0 aromatic heterocycles. The Morgan fingerprint density at radius 3 is 2.65 bits per heavy atom. The van der Waals surface area contributed by atoms with Crippen molar-refractivity contribution in [2.45, 2.75) is 44.2 Å². The molecule has 5 nitrogen and oxygen atoms in total. The van der Waals surface area contributed by atoms with Gasteiger partial charge in [-0.1, -0.05) is 30.3 Å². The van der Waals surface area contributed by atoms with E-state index in [1.54, 1.807) is 4.90 Å². The number of piperidine rings is 1. The lowest BCUT2D eigenvalue weighted by molar-refractivity contribution is -0.143. The van der Waals surface area contributed by atoms with Crippen LogP contribution in [0.1, 0.15) is 18.9 Å². The molecule has 1 aromatic carbocycles. The molecular weight excluding hydrogens is 299 g/mol. The first-order valence-corrected chi connectivity index (χ1v) is 8.11. The highest BCUT2D eigenvalue weighted by Gasteiger charge is 2.42. The van der Waals surface area contributed by atoms with E-state index >= 15 is 0 Å². The third-order valence-corrected chi connectivity index (χ3v) is 4.29. The van der Waals surface area contributed by atoms with Crippen molar-refractivity contribution < 1.29 is 19.4 Å². The summed E-state index contributed by atoms with van der Waals surface area (Å²) in [4.78, 5) is 14.1. The number of carbonyl (C=O) groups excluding carboxylic acids is 1. The Morgan fingerprint density at radius 1 is 1.30 bits per heavy atom. The normalized spacial score (nSPS) is 27.7. The zero-order valence-corrected chi connectivity index (χ0v) is 13.4. The minimum atomic E-state index is -1.55. The molecule has 0 unspecified atom stereocenters. The summed E-state index contributed by atoms with van der Waals surface area (Å²) >= 11 is 0. The van der Waals surface area contributed by atoms with Gasteiger partial charge in [-0.3, -0.25) is 4.79 Å². The Balaban J connectivity index is 1.88. The zero-order chi connectivity index (χ0) is 16.8. The van der Waals surface area contributed by atoms with Crippen LogP contribution in [0.25, 0.3) is 0 Å². The molecule has 1 aliphatic heterocycles. The monoisotopic (exact) mass is 324 g/mol. The number of nitrogens with zero attached hydrogens (tertiary/aromatic N) is 1. The molecule has 0 aliphatic carbocycles. The molecule has 0 spiro atoms. The largest absolute Gasteiger partial charge is 0.388 e. The number of amides is 1. The predicted octanol–water partition coefficient (Wildman–Crippen LogP) is 0.499. The smallest absolute Gasteiger partial charge is 0.242 e. The Hall–Kier alpha value is -1.50. The van der Waals surface area contributed by atoms with Gasteiger partial charge in [0.05, 0.1) is 0 Å². The van der Waals surface area contributed by atoms with Gasteiger partial charge in [0.25, 0.3) is 0 Å². The van der Waals surface area contributed by atoms with Crippen LogP contribution in [-0.2, 0) is 11.2 Å². The predicted molar refractivity (Wildman–Crippen MR) is 85.7 cm³/mol. The van der Waals surface area contributed by atoms with E-state index in [0.29, 0.717) is 13.1 Å². The third-order valence-electron chi connectivity index (χ3n) is 4.29. The quantitative estimate of drug-likeness (QED) is 0.712. The van der Waals surface area contributed by atoms with Gasteiger partial charge in [-0.05, 0) is 25.3 Å². The molecule has 1 fully saturated rings. The summed E-state index contributed by atoms with van der Waals surface area (Å²) in [6.07, 6.45) is -2.83. The van der Waals surface area contributed by atoms with Crippen LogP contribution in [0.3, 0.4) is 0 Å². The summed E-state index contributed by atoms with van der Waals surface area (Å²) in [6.45, 7) is 2.80. The second-order valence-electron chi connectivity index (χ2n) is 5.89. The molecule has 1 aromatic rings. The van der Waals surface area contributed by atoms with E-state index in [4.69, 9.17) is 0 Å². The van der Waals surface area contributed by atoms with Crippen LogP contribution in [0, 0.1) is 0 Å². The highest BCUT2D eigenvalue weighted by atomic mass is 19.1. The number of aryl methyl sites for hydroxylation is 1. The Kier molecular flexibility index (Phi) is 6.50. The van der Waals surface area contributed by atoms with Gasteiger partial charge in [0.15, 0.2) is 0 Å². The molecule has 1 saturated heterocycles. The maximum absolute atomic E-state index is 13.3. The fraction of sp³-hybridized carbons (Fsp3) is 0.588. The van der Waals surface area contributed by atoms with E-state index in [1.165, 1.54) is 5.56 Å². The van der Waals surface area contributed by atoms with Gasteiger partial charge >= 0.3 is 0 Å². The van der Waals surface area contributed by atoms with Crippen molar-refractivity contribution in [3.05, 3.63) is 35.9 Å². The van der Waals surface area contributed by atoms with E-state index in [1.807, 2.05) is 37.3 Å². The Morgan fingerprint density at radius 2 is 2.00 bits per heavy atom. The number of aliphatic hydroxyl groups excluding tert-OH is 2. The molecular formula is C17H25FN2O3. The van der Waals surface area contributed by atoms with Gasteiger partial charge < -0.3 is 20.4 Å². The summed E-state index contributed by atoms with van der Waals surface area (Å²) in [7, 11) is 0. The molecule has 4 atom stereocenters. The summed E-state index contributed by atoms with van der Waals surface area (Å²) in [5.41, 5.74) is 1.21. The van der Waals surface area contributed by atoms with Crippen molar-refractivity contribution in [3.8, 4) is 0 Å². The first-order valence-electron chi connectivity index (χ1n) is 8.11. The van der Waals surface area contributed by atoms with Crippen molar-refractivity contribution in [2.24, 2.45) is 0 Å². The molecule has 2 rings (SSSR count). The number of benzene rings is 1. The maximum atomic E-state index is 13.3. The van der Waals surface area contributed by atoms with Crippen molar-refractivity contribution >= 4 is 5.91 Å². The van der Waals surface area contributed by atoms with E-state index in [2.05, 4.69) is 5.32 Å². The fourth-order valence-electron chi connectivity index (χ4n) is 2.87. The molecule has 0 radical (unpaired) electrons. The molecule has 1 amide bonds. The maximum Gasteiger partial charge on any atom is 0.242 e. The van der Waals surface area contributed by atoms with Crippen LogP contribution >= 0.6 is 0 Å². The summed E-state index contributed by atoms with van der Waals surface area (Å²) in [6, 6.07) is 9.06.